The summed E-state index contributed by atoms with van der Waals surface area (Å²) in [4.78, 5) is 4.92. The Morgan fingerprint density at radius 1 is 0.730 bits per heavy atom. The smallest absolute Gasteiger partial charge is 0.143 e. The molecule has 2 heterocycles. The van der Waals surface area contributed by atoms with Crippen molar-refractivity contribution in [3.8, 4) is 22.4 Å². The van der Waals surface area contributed by atoms with Gasteiger partial charge in [0.25, 0.3) is 0 Å². The van der Waals surface area contributed by atoms with Gasteiger partial charge in [0.15, 0.2) is 0 Å². The molecule has 0 saturated heterocycles. The molecule has 6 aromatic rings. The SMILES string of the molecule is CC(C)(C)c1cc(-c2nccc3oc4c(-c5ccc([Si](C)(C)C)cc5)cccc4c23)cc2ccccc12. The molecule has 0 N–H and O–H groups in total. The first-order valence-corrected chi connectivity index (χ1v) is 16.6. The monoisotopic (exact) mass is 499 g/mol. The third-order valence-electron chi connectivity index (χ3n) is 7.41. The van der Waals surface area contributed by atoms with Crippen LogP contribution in [0.1, 0.15) is 26.3 Å². The number of pyridine rings is 1. The Kier molecular flexibility index (Phi) is 5.39. The first-order valence-electron chi connectivity index (χ1n) is 13.1. The summed E-state index contributed by atoms with van der Waals surface area (Å²) in [5, 5.41) is 6.18. The Morgan fingerprint density at radius 3 is 2.19 bits per heavy atom. The fourth-order valence-corrected chi connectivity index (χ4v) is 6.57. The fraction of sp³-hybridized carbons (Fsp3) is 0.206. The highest BCUT2D eigenvalue weighted by atomic mass is 28.3. The van der Waals surface area contributed by atoms with Crippen molar-refractivity contribution >= 4 is 46.0 Å². The lowest BCUT2D eigenvalue weighted by atomic mass is 9.82. The lowest BCUT2D eigenvalue weighted by Gasteiger charge is -2.22. The molecule has 0 amide bonds. The number of hydrogen-bond acceptors (Lipinski definition) is 2. The molecule has 0 unspecified atom stereocenters. The maximum Gasteiger partial charge on any atom is 0.143 e. The molecular weight excluding hydrogens is 466 g/mol. The summed E-state index contributed by atoms with van der Waals surface area (Å²) in [6.07, 6.45) is 1.87. The highest BCUT2D eigenvalue weighted by Crippen LogP contribution is 2.41. The van der Waals surface area contributed by atoms with Crippen molar-refractivity contribution in [1.82, 2.24) is 4.98 Å². The number of hydrogen-bond donors (Lipinski definition) is 0. The summed E-state index contributed by atoms with van der Waals surface area (Å²) >= 11 is 0. The Bertz CT molecular complexity index is 1780. The zero-order valence-electron chi connectivity index (χ0n) is 22.5. The van der Waals surface area contributed by atoms with Gasteiger partial charge in [0.2, 0.25) is 0 Å². The number of fused-ring (bicyclic) bond motifs is 4. The molecule has 0 fully saturated rings. The predicted molar refractivity (Wildman–Crippen MR) is 162 cm³/mol. The van der Waals surface area contributed by atoms with Crippen LogP contribution in [0.4, 0.5) is 0 Å². The second-order valence-corrected chi connectivity index (χ2v) is 17.2. The van der Waals surface area contributed by atoms with Crippen molar-refractivity contribution in [2.75, 3.05) is 0 Å². The Hall–Kier alpha value is -3.69. The van der Waals surface area contributed by atoms with Crippen molar-refractivity contribution in [3.05, 3.63) is 96.7 Å². The molecule has 37 heavy (non-hydrogen) atoms. The van der Waals surface area contributed by atoms with E-state index >= 15 is 0 Å². The molecule has 0 atom stereocenters. The molecule has 0 saturated carbocycles. The second-order valence-electron chi connectivity index (χ2n) is 12.1. The molecule has 184 valence electrons. The van der Waals surface area contributed by atoms with E-state index in [1.165, 1.54) is 27.1 Å². The molecule has 4 aromatic carbocycles. The van der Waals surface area contributed by atoms with E-state index in [0.29, 0.717) is 0 Å². The highest BCUT2D eigenvalue weighted by molar-refractivity contribution is 6.88. The van der Waals surface area contributed by atoms with Crippen LogP contribution < -0.4 is 5.19 Å². The molecule has 0 aliphatic heterocycles. The van der Waals surface area contributed by atoms with Crippen molar-refractivity contribution in [2.24, 2.45) is 0 Å². The minimum absolute atomic E-state index is 0.0111. The van der Waals surface area contributed by atoms with Crippen LogP contribution >= 0.6 is 0 Å². The zero-order chi connectivity index (χ0) is 25.9. The standard InChI is InChI=1S/C34H33NOSi/c1-34(2,3)29-21-24(20-23-10-7-8-11-26(23)29)32-31-28-13-9-12-27(33(28)36-30(31)18-19-35-32)22-14-16-25(17-15-22)37(4,5)6/h7-21H,1-6H3. The van der Waals surface area contributed by atoms with Crippen molar-refractivity contribution < 1.29 is 4.42 Å². The Labute approximate surface area is 220 Å². The third-order valence-corrected chi connectivity index (χ3v) is 9.48. The lowest BCUT2D eigenvalue weighted by Crippen LogP contribution is -2.37. The topological polar surface area (TPSA) is 26.0 Å². The minimum Gasteiger partial charge on any atom is -0.455 e. The van der Waals surface area contributed by atoms with E-state index in [1.807, 2.05) is 12.3 Å². The molecule has 0 aliphatic carbocycles. The molecule has 0 bridgehead atoms. The first kappa shape index (κ1) is 23.7. The van der Waals surface area contributed by atoms with Crippen molar-refractivity contribution in [1.29, 1.82) is 0 Å². The minimum atomic E-state index is -1.35. The van der Waals surface area contributed by atoms with Crippen LogP contribution in [0.15, 0.2) is 95.5 Å². The molecule has 0 spiro atoms. The van der Waals surface area contributed by atoms with Crippen LogP contribution in [0, 0.1) is 0 Å². The van der Waals surface area contributed by atoms with Crippen LogP contribution in [0.5, 0.6) is 0 Å². The number of aromatic nitrogens is 1. The van der Waals surface area contributed by atoms with E-state index in [4.69, 9.17) is 9.40 Å². The van der Waals surface area contributed by atoms with Crippen molar-refractivity contribution in [2.45, 2.75) is 45.8 Å². The van der Waals surface area contributed by atoms with Crippen LogP contribution in [-0.2, 0) is 5.41 Å². The van der Waals surface area contributed by atoms with Crippen LogP contribution in [0.25, 0.3) is 55.1 Å². The van der Waals surface area contributed by atoms with Gasteiger partial charge in [-0.1, -0.05) is 112 Å². The van der Waals surface area contributed by atoms with Gasteiger partial charge in [-0.2, -0.15) is 0 Å². The Morgan fingerprint density at radius 2 is 1.46 bits per heavy atom. The average molecular weight is 500 g/mol. The Balaban J connectivity index is 1.59. The van der Waals surface area contributed by atoms with Gasteiger partial charge in [-0.3, -0.25) is 4.98 Å². The van der Waals surface area contributed by atoms with E-state index in [9.17, 15) is 0 Å². The lowest BCUT2D eigenvalue weighted by molar-refractivity contribution is 0.596. The largest absolute Gasteiger partial charge is 0.455 e. The molecule has 3 heteroatoms. The predicted octanol–water partition coefficient (Wildman–Crippen LogP) is 9.31. The molecule has 6 rings (SSSR count). The van der Waals surface area contributed by atoms with Crippen molar-refractivity contribution in [3.63, 3.8) is 0 Å². The summed E-state index contributed by atoms with van der Waals surface area (Å²) in [5.74, 6) is 0. The molecule has 0 radical (unpaired) electrons. The summed E-state index contributed by atoms with van der Waals surface area (Å²) in [7, 11) is -1.35. The summed E-state index contributed by atoms with van der Waals surface area (Å²) < 4.78 is 6.55. The van der Waals surface area contributed by atoms with E-state index in [0.717, 1.165) is 38.8 Å². The normalized spacial score (nSPS) is 12.6. The summed E-state index contributed by atoms with van der Waals surface area (Å²) in [5.41, 5.74) is 7.53. The summed E-state index contributed by atoms with van der Waals surface area (Å²) in [6, 6.07) is 30.8. The molecule has 2 aromatic heterocycles. The van der Waals surface area contributed by atoms with Gasteiger partial charge in [-0.15, -0.1) is 0 Å². The van der Waals surface area contributed by atoms with Crippen LogP contribution in [0.3, 0.4) is 0 Å². The van der Waals surface area contributed by atoms with E-state index < -0.39 is 8.07 Å². The quantitative estimate of drug-likeness (QED) is 0.227. The maximum atomic E-state index is 6.55. The molecular formula is C34H33NOSi. The number of para-hydroxylation sites is 1. The van der Waals surface area contributed by atoms with Gasteiger partial charge in [0.1, 0.15) is 11.2 Å². The zero-order valence-corrected chi connectivity index (χ0v) is 23.5. The van der Waals surface area contributed by atoms with Gasteiger partial charge < -0.3 is 4.42 Å². The van der Waals surface area contributed by atoms with Gasteiger partial charge in [-0.25, -0.2) is 0 Å². The first-order chi connectivity index (χ1) is 17.6. The van der Waals surface area contributed by atoms with Crippen LogP contribution in [0.2, 0.25) is 19.6 Å². The second kappa shape index (κ2) is 8.42. The number of nitrogens with zero attached hydrogens (tertiary/aromatic N) is 1. The average Bonchev–Trinajstić information content (AvgIpc) is 3.26. The van der Waals surface area contributed by atoms with Gasteiger partial charge in [-0.05, 0) is 45.5 Å². The van der Waals surface area contributed by atoms with Gasteiger partial charge >= 0.3 is 0 Å². The highest BCUT2D eigenvalue weighted by Gasteiger charge is 2.22. The number of benzene rings is 4. The van der Waals surface area contributed by atoms with E-state index in [-0.39, 0.29) is 5.41 Å². The molecule has 2 nitrogen and oxygen atoms in total. The number of rotatable bonds is 3. The number of furan rings is 1. The van der Waals surface area contributed by atoms with E-state index in [1.54, 1.807) is 0 Å². The molecule has 0 aliphatic rings. The van der Waals surface area contributed by atoms with Gasteiger partial charge in [0, 0.05) is 22.7 Å². The third kappa shape index (κ3) is 4.08. The van der Waals surface area contributed by atoms with E-state index in [2.05, 4.69) is 119 Å². The van der Waals surface area contributed by atoms with Gasteiger partial charge in [0.05, 0.1) is 19.2 Å². The summed E-state index contributed by atoms with van der Waals surface area (Å²) in [6.45, 7) is 14.0. The fourth-order valence-electron chi connectivity index (χ4n) is 5.41. The van der Waals surface area contributed by atoms with Crippen LogP contribution in [-0.4, -0.2) is 13.1 Å². The maximum absolute atomic E-state index is 6.55.